The van der Waals surface area contributed by atoms with Crippen molar-refractivity contribution in [3.05, 3.63) is 0 Å². The summed E-state index contributed by atoms with van der Waals surface area (Å²) < 4.78 is 77.8. The first-order valence-corrected chi connectivity index (χ1v) is 4.89. The van der Waals surface area contributed by atoms with Gasteiger partial charge in [-0.25, -0.2) is 4.79 Å². The van der Waals surface area contributed by atoms with E-state index in [2.05, 4.69) is 0 Å². The fraction of sp³-hybridized carbons (Fsp3) is 0.875. The number of morpholine rings is 1. The Morgan fingerprint density at radius 3 is 1.89 bits per heavy atom. The van der Waals surface area contributed by atoms with Gasteiger partial charge in [0.15, 0.2) is 0 Å². The van der Waals surface area contributed by atoms with Gasteiger partial charge in [-0.3, -0.25) is 0 Å². The fourth-order valence-electron chi connectivity index (χ4n) is 1.33. The number of halogens is 6. The van der Waals surface area contributed by atoms with Crippen LogP contribution >= 0.6 is 0 Å². The molecule has 1 N–H and O–H groups in total. The van der Waals surface area contributed by atoms with E-state index in [1.807, 2.05) is 0 Å². The average Bonchev–Trinajstić information content (AvgIpc) is 2.23. The molecule has 0 radical (unpaired) electrons. The molecule has 1 fully saturated rings. The second-order valence-corrected chi connectivity index (χ2v) is 3.57. The standard InChI is InChI=1S/C8H10F6N2O2/c9-7(10,11)5(8(12,13)14)15-6(17)16-1-3-18-4-2-16/h5H,1-4H2,(H,15,17). The van der Waals surface area contributed by atoms with Crippen LogP contribution in [0.4, 0.5) is 31.1 Å². The summed E-state index contributed by atoms with van der Waals surface area (Å²) in [5.74, 6) is 0. The topological polar surface area (TPSA) is 41.6 Å². The van der Waals surface area contributed by atoms with Crippen LogP contribution in [0.25, 0.3) is 0 Å². The molecule has 106 valence electrons. The number of nitrogens with one attached hydrogen (secondary N) is 1. The van der Waals surface area contributed by atoms with Crippen molar-refractivity contribution < 1.29 is 35.9 Å². The summed E-state index contributed by atoms with van der Waals surface area (Å²) >= 11 is 0. The van der Waals surface area contributed by atoms with Crippen molar-refractivity contribution >= 4 is 6.03 Å². The summed E-state index contributed by atoms with van der Waals surface area (Å²) in [7, 11) is 0. The van der Waals surface area contributed by atoms with Crippen LogP contribution in [0.15, 0.2) is 0 Å². The number of hydrogen-bond acceptors (Lipinski definition) is 2. The smallest absolute Gasteiger partial charge is 0.378 e. The van der Waals surface area contributed by atoms with Gasteiger partial charge in [0.1, 0.15) is 0 Å². The first-order chi connectivity index (χ1) is 8.12. The highest BCUT2D eigenvalue weighted by Crippen LogP contribution is 2.33. The molecule has 10 heteroatoms. The largest absolute Gasteiger partial charge is 0.417 e. The second kappa shape index (κ2) is 5.21. The van der Waals surface area contributed by atoms with E-state index < -0.39 is 24.4 Å². The van der Waals surface area contributed by atoms with Gasteiger partial charge < -0.3 is 15.0 Å². The summed E-state index contributed by atoms with van der Waals surface area (Å²) in [4.78, 5) is 12.1. The van der Waals surface area contributed by atoms with E-state index in [1.165, 1.54) is 0 Å². The molecule has 4 nitrogen and oxygen atoms in total. The van der Waals surface area contributed by atoms with Crippen LogP contribution in [0.3, 0.4) is 0 Å². The number of urea groups is 1. The molecule has 0 spiro atoms. The monoisotopic (exact) mass is 280 g/mol. The number of ether oxygens (including phenoxy) is 1. The minimum atomic E-state index is -5.58. The second-order valence-electron chi connectivity index (χ2n) is 3.57. The maximum atomic E-state index is 12.2. The number of amides is 2. The van der Waals surface area contributed by atoms with Crippen LogP contribution in [0.5, 0.6) is 0 Å². The predicted octanol–water partition coefficient (Wildman–Crippen LogP) is 1.52. The molecule has 1 saturated heterocycles. The predicted molar refractivity (Wildman–Crippen MR) is 46.8 cm³/mol. The molecule has 0 atom stereocenters. The van der Waals surface area contributed by atoms with Gasteiger partial charge in [-0.05, 0) is 0 Å². The Bertz CT molecular complexity index is 283. The van der Waals surface area contributed by atoms with E-state index in [-0.39, 0.29) is 26.3 Å². The Morgan fingerprint density at radius 1 is 1.06 bits per heavy atom. The highest BCUT2D eigenvalue weighted by atomic mass is 19.4. The van der Waals surface area contributed by atoms with E-state index in [0.29, 0.717) is 0 Å². The Labute approximate surface area is 97.9 Å². The lowest BCUT2D eigenvalue weighted by atomic mass is 10.3. The van der Waals surface area contributed by atoms with Gasteiger partial charge >= 0.3 is 18.4 Å². The maximum absolute atomic E-state index is 12.2. The van der Waals surface area contributed by atoms with Gasteiger partial charge in [-0.2, -0.15) is 26.3 Å². The van der Waals surface area contributed by atoms with E-state index in [4.69, 9.17) is 4.74 Å². The highest BCUT2D eigenvalue weighted by Gasteiger charge is 2.57. The first-order valence-electron chi connectivity index (χ1n) is 4.89. The van der Waals surface area contributed by atoms with Gasteiger partial charge in [0.05, 0.1) is 13.2 Å². The molecule has 0 saturated carbocycles. The molecule has 1 heterocycles. The average molecular weight is 280 g/mol. The number of nitrogens with zero attached hydrogens (tertiary/aromatic N) is 1. The van der Waals surface area contributed by atoms with E-state index in [1.54, 1.807) is 0 Å². The Balaban J connectivity index is 2.69. The van der Waals surface area contributed by atoms with Crippen molar-refractivity contribution in [2.75, 3.05) is 26.3 Å². The van der Waals surface area contributed by atoms with Gasteiger partial charge in [0.2, 0.25) is 6.04 Å². The van der Waals surface area contributed by atoms with Crippen molar-refractivity contribution in [2.24, 2.45) is 0 Å². The third-order valence-electron chi connectivity index (χ3n) is 2.22. The summed E-state index contributed by atoms with van der Waals surface area (Å²) in [5.41, 5.74) is 0. The maximum Gasteiger partial charge on any atom is 0.417 e. The van der Waals surface area contributed by atoms with E-state index in [9.17, 15) is 31.1 Å². The van der Waals surface area contributed by atoms with Crippen LogP contribution in [-0.4, -0.2) is 55.6 Å². The molecule has 1 rings (SSSR count). The van der Waals surface area contributed by atoms with Gasteiger partial charge in [0.25, 0.3) is 0 Å². The molecule has 0 unspecified atom stereocenters. The third kappa shape index (κ3) is 3.93. The van der Waals surface area contributed by atoms with Crippen molar-refractivity contribution in [1.29, 1.82) is 0 Å². The lowest BCUT2D eigenvalue weighted by molar-refractivity contribution is -0.255. The molecule has 0 aliphatic carbocycles. The molecule has 0 aromatic heterocycles. The molecule has 1 aliphatic rings. The van der Waals surface area contributed by atoms with Crippen LogP contribution in [0.1, 0.15) is 0 Å². The summed E-state index contributed by atoms with van der Waals surface area (Å²) in [6.07, 6.45) is -11.2. The van der Waals surface area contributed by atoms with Crippen molar-refractivity contribution in [3.63, 3.8) is 0 Å². The van der Waals surface area contributed by atoms with Crippen LogP contribution < -0.4 is 5.32 Å². The molecule has 0 aromatic carbocycles. The quantitative estimate of drug-likeness (QED) is 0.740. The Hall–Kier alpha value is -1.19. The number of hydrogen-bond donors (Lipinski definition) is 1. The minimum absolute atomic E-state index is 0.0474. The van der Waals surface area contributed by atoms with E-state index in [0.717, 1.165) is 10.2 Å². The molecular formula is C8H10F6N2O2. The van der Waals surface area contributed by atoms with E-state index >= 15 is 0 Å². The molecule has 1 aliphatic heterocycles. The molecule has 0 aromatic rings. The zero-order chi connectivity index (χ0) is 14.0. The van der Waals surface area contributed by atoms with Crippen molar-refractivity contribution in [3.8, 4) is 0 Å². The lowest BCUT2D eigenvalue weighted by Crippen LogP contribution is -2.58. The number of carbonyl (C=O) groups excluding carboxylic acids is 1. The molecule has 18 heavy (non-hydrogen) atoms. The minimum Gasteiger partial charge on any atom is -0.378 e. The summed E-state index contributed by atoms with van der Waals surface area (Å²) in [6.45, 7) is 0.0643. The van der Waals surface area contributed by atoms with Crippen molar-refractivity contribution in [1.82, 2.24) is 10.2 Å². The number of carbonyl (C=O) groups is 1. The third-order valence-corrected chi connectivity index (χ3v) is 2.22. The summed E-state index contributed by atoms with van der Waals surface area (Å²) in [6, 6.07) is -5.27. The number of alkyl halides is 6. The van der Waals surface area contributed by atoms with Crippen LogP contribution in [0, 0.1) is 0 Å². The lowest BCUT2D eigenvalue weighted by Gasteiger charge is -2.30. The van der Waals surface area contributed by atoms with Gasteiger partial charge in [0, 0.05) is 13.1 Å². The first kappa shape index (κ1) is 14.9. The van der Waals surface area contributed by atoms with Crippen LogP contribution in [0.2, 0.25) is 0 Å². The highest BCUT2D eigenvalue weighted by molar-refractivity contribution is 5.74. The molecular weight excluding hydrogens is 270 g/mol. The zero-order valence-corrected chi connectivity index (χ0v) is 8.94. The van der Waals surface area contributed by atoms with Crippen molar-refractivity contribution in [2.45, 2.75) is 18.4 Å². The normalized spacial score (nSPS) is 18.1. The molecule has 2 amide bonds. The molecule has 0 bridgehead atoms. The SMILES string of the molecule is O=C(NC(C(F)(F)F)C(F)(F)F)N1CCOCC1. The van der Waals surface area contributed by atoms with Crippen LogP contribution in [-0.2, 0) is 4.74 Å². The number of rotatable bonds is 1. The Kier molecular flexibility index (Phi) is 4.30. The Morgan fingerprint density at radius 2 is 1.50 bits per heavy atom. The van der Waals surface area contributed by atoms with Gasteiger partial charge in [-0.1, -0.05) is 0 Å². The fourth-order valence-corrected chi connectivity index (χ4v) is 1.33. The summed E-state index contributed by atoms with van der Waals surface area (Å²) in [5, 5.41) is 0.948. The zero-order valence-electron chi connectivity index (χ0n) is 8.94. The van der Waals surface area contributed by atoms with Gasteiger partial charge in [-0.15, -0.1) is 0 Å².